The molecule has 1 aromatic carbocycles. The molecule has 10 nitrogen and oxygen atoms in total. The quantitative estimate of drug-likeness (QED) is 0.363. The summed E-state index contributed by atoms with van der Waals surface area (Å²) in [7, 11) is 1.52. The van der Waals surface area contributed by atoms with Gasteiger partial charge in [-0.05, 0) is 31.0 Å². The molecule has 34 heavy (non-hydrogen) atoms. The van der Waals surface area contributed by atoms with Gasteiger partial charge in [0.1, 0.15) is 5.82 Å². The van der Waals surface area contributed by atoms with E-state index in [9.17, 15) is 4.79 Å². The van der Waals surface area contributed by atoms with Crippen LogP contribution in [0.4, 0.5) is 23.0 Å². The molecule has 4 aromatic rings. The van der Waals surface area contributed by atoms with Crippen LogP contribution >= 0.6 is 0 Å². The van der Waals surface area contributed by atoms with Crippen LogP contribution in [0.25, 0.3) is 11.4 Å². The van der Waals surface area contributed by atoms with Crippen molar-refractivity contribution in [3.8, 4) is 17.1 Å². The van der Waals surface area contributed by atoms with Crippen molar-refractivity contribution in [3.05, 3.63) is 66.7 Å². The number of amides is 1. The monoisotopic (exact) mass is 459 g/mol. The molecule has 0 aliphatic heterocycles. The van der Waals surface area contributed by atoms with Crippen molar-refractivity contribution in [1.82, 2.24) is 30.0 Å². The van der Waals surface area contributed by atoms with Crippen LogP contribution in [0.2, 0.25) is 0 Å². The first-order chi connectivity index (χ1) is 17.8. The molecule has 1 fully saturated rings. The Bertz CT molecular complexity index is 1420. The van der Waals surface area contributed by atoms with Crippen molar-refractivity contribution in [3.63, 3.8) is 0 Å². The minimum atomic E-state index is -2.66. The highest BCUT2D eigenvalue weighted by atomic mass is 16.5. The molecule has 3 aromatic heterocycles. The summed E-state index contributed by atoms with van der Waals surface area (Å²) < 4.78 is 29.8. The van der Waals surface area contributed by atoms with E-state index >= 15 is 0 Å². The highest BCUT2D eigenvalue weighted by Crippen LogP contribution is 2.37. The molecule has 1 amide bonds. The van der Waals surface area contributed by atoms with Crippen LogP contribution in [0.3, 0.4) is 0 Å². The molecule has 3 heterocycles. The van der Waals surface area contributed by atoms with Crippen LogP contribution in [0, 0.1) is 0 Å². The van der Waals surface area contributed by atoms with E-state index in [1.807, 2.05) is 28.3 Å². The lowest BCUT2D eigenvalue weighted by atomic mass is 10.1. The van der Waals surface area contributed by atoms with Gasteiger partial charge in [-0.15, -0.1) is 0 Å². The second-order valence-corrected chi connectivity index (χ2v) is 7.69. The molecule has 0 saturated heterocycles. The van der Waals surface area contributed by atoms with Crippen LogP contribution in [0.15, 0.2) is 61.2 Å². The molecule has 1 aliphatic carbocycles. The zero-order chi connectivity index (χ0) is 26.0. The number of methoxy groups -OCH3 is 1. The van der Waals surface area contributed by atoms with Gasteiger partial charge in [-0.1, -0.05) is 6.07 Å². The Labute approximate surface area is 200 Å². The zero-order valence-electron chi connectivity index (χ0n) is 21.3. The van der Waals surface area contributed by atoms with E-state index in [0.29, 0.717) is 46.2 Å². The Balaban J connectivity index is 1.50. The first-order valence-corrected chi connectivity index (χ1v) is 10.7. The Hall–Kier alpha value is -4.47. The van der Waals surface area contributed by atoms with E-state index in [0.717, 1.165) is 12.8 Å². The summed E-state index contributed by atoms with van der Waals surface area (Å²) in [5, 5.41) is 12.9. The van der Waals surface area contributed by atoms with E-state index < -0.39 is 12.9 Å². The van der Waals surface area contributed by atoms with Gasteiger partial charge in [-0.25, -0.2) is 15.0 Å². The van der Waals surface area contributed by atoms with E-state index in [1.54, 1.807) is 36.7 Å². The van der Waals surface area contributed by atoms with Gasteiger partial charge in [0, 0.05) is 48.0 Å². The number of aromatic nitrogens is 5. The number of para-hydroxylation sites is 1. The van der Waals surface area contributed by atoms with Gasteiger partial charge in [-0.3, -0.25) is 9.48 Å². The number of hydrogen-bond donors (Lipinski definition) is 3. The number of nitrogens with zero attached hydrogens (tertiary/aromatic N) is 5. The van der Waals surface area contributed by atoms with Crippen LogP contribution in [-0.2, 0) is 0 Å². The number of carbonyl (C=O) groups is 1. The lowest BCUT2D eigenvalue weighted by Gasteiger charge is -2.17. The third-order valence-corrected chi connectivity index (χ3v) is 5.34. The standard InChI is InChI=1S/C24H24N8O2/c1-25-24(33)17-14-28-21(30-20-9-12-32(31-20)15-7-8-15)13-19(17)29-18-6-3-5-16(22(18)34-2)23-26-10-4-11-27-23/h3-6,9-15H,7-8H2,1-2H3,(H,25,33)(H2,28,29,30,31)/i1D3. The molecule has 0 atom stereocenters. The molecule has 10 heteroatoms. The SMILES string of the molecule is [2H]C([2H])([2H])NC(=O)c1cnc(Nc2ccn(C3CC3)n2)cc1Nc1cccc(-c2ncccn2)c1OC. The normalized spacial score (nSPS) is 14.4. The van der Waals surface area contributed by atoms with E-state index in [2.05, 4.69) is 30.7 Å². The zero-order valence-corrected chi connectivity index (χ0v) is 18.3. The van der Waals surface area contributed by atoms with Crippen LogP contribution < -0.4 is 20.7 Å². The number of anilines is 4. The Morgan fingerprint density at radius 3 is 2.71 bits per heavy atom. The molecule has 5 rings (SSSR count). The lowest BCUT2D eigenvalue weighted by molar-refractivity contribution is 0.0963. The fourth-order valence-corrected chi connectivity index (χ4v) is 3.57. The van der Waals surface area contributed by atoms with Crippen molar-refractivity contribution >= 4 is 28.9 Å². The summed E-state index contributed by atoms with van der Waals surface area (Å²) >= 11 is 0. The van der Waals surface area contributed by atoms with Crippen molar-refractivity contribution < 1.29 is 13.6 Å². The Morgan fingerprint density at radius 1 is 1.09 bits per heavy atom. The summed E-state index contributed by atoms with van der Waals surface area (Å²) in [6, 6.07) is 11.0. The summed E-state index contributed by atoms with van der Waals surface area (Å²) in [5.74, 6) is 1.12. The average molecular weight is 460 g/mol. The number of benzene rings is 1. The summed E-state index contributed by atoms with van der Waals surface area (Å²) in [5.41, 5.74) is 1.50. The minimum Gasteiger partial charge on any atom is -0.494 e. The largest absolute Gasteiger partial charge is 0.494 e. The number of carbonyl (C=O) groups excluding carboxylic acids is 1. The number of nitrogens with one attached hydrogen (secondary N) is 3. The Kier molecular flexibility index (Phi) is 4.86. The maximum atomic E-state index is 12.8. The maximum Gasteiger partial charge on any atom is 0.254 e. The molecular weight excluding hydrogens is 432 g/mol. The Morgan fingerprint density at radius 2 is 1.94 bits per heavy atom. The highest BCUT2D eigenvalue weighted by molar-refractivity contribution is 6.00. The van der Waals surface area contributed by atoms with E-state index in [1.165, 1.54) is 13.3 Å². The fraction of sp³-hybridized carbons (Fsp3) is 0.208. The molecule has 0 bridgehead atoms. The molecule has 1 aliphatic rings. The number of ether oxygens (including phenoxy) is 1. The fourth-order valence-electron chi connectivity index (χ4n) is 3.57. The molecule has 1 saturated carbocycles. The third kappa shape index (κ3) is 4.38. The van der Waals surface area contributed by atoms with Crippen molar-refractivity contribution in [1.29, 1.82) is 0 Å². The average Bonchev–Trinajstić information content (AvgIpc) is 3.62. The summed E-state index contributed by atoms with van der Waals surface area (Å²) in [4.78, 5) is 25.7. The van der Waals surface area contributed by atoms with Crippen molar-refractivity contribution in [2.45, 2.75) is 18.9 Å². The molecule has 0 unspecified atom stereocenters. The van der Waals surface area contributed by atoms with Crippen LogP contribution in [-0.4, -0.2) is 44.7 Å². The van der Waals surface area contributed by atoms with Gasteiger partial charge in [0.15, 0.2) is 17.4 Å². The van der Waals surface area contributed by atoms with Gasteiger partial charge in [0.05, 0.1) is 35.7 Å². The van der Waals surface area contributed by atoms with Gasteiger partial charge >= 0.3 is 0 Å². The number of hydrogen-bond acceptors (Lipinski definition) is 8. The number of pyridine rings is 1. The second kappa shape index (κ2) is 9.18. The predicted octanol–water partition coefficient (Wildman–Crippen LogP) is 3.93. The van der Waals surface area contributed by atoms with Crippen molar-refractivity contribution in [2.24, 2.45) is 0 Å². The van der Waals surface area contributed by atoms with E-state index in [4.69, 9.17) is 8.85 Å². The molecule has 172 valence electrons. The van der Waals surface area contributed by atoms with Crippen LogP contribution in [0.5, 0.6) is 5.75 Å². The molecule has 0 spiro atoms. The van der Waals surface area contributed by atoms with Crippen LogP contribution in [0.1, 0.15) is 33.4 Å². The van der Waals surface area contributed by atoms with Gasteiger partial charge < -0.3 is 20.7 Å². The van der Waals surface area contributed by atoms with Crippen molar-refractivity contribution in [2.75, 3.05) is 24.7 Å². The second-order valence-electron chi connectivity index (χ2n) is 7.69. The van der Waals surface area contributed by atoms with Gasteiger partial charge in [-0.2, -0.15) is 5.10 Å². The maximum absolute atomic E-state index is 12.8. The third-order valence-electron chi connectivity index (χ3n) is 5.34. The first-order valence-electron chi connectivity index (χ1n) is 12.2. The number of rotatable bonds is 8. The molecule has 3 N–H and O–H groups in total. The first kappa shape index (κ1) is 18.0. The highest BCUT2D eigenvalue weighted by Gasteiger charge is 2.24. The molecular formula is C24H24N8O2. The van der Waals surface area contributed by atoms with E-state index in [-0.39, 0.29) is 5.56 Å². The van der Waals surface area contributed by atoms with Gasteiger partial charge in [0.2, 0.25) is 0 Å². The summed E-state index contributed by atoms with van der Waals surface area (Å²) in [6.45, 7) is -2.66. The van der Waals surface area contributed by atoms with Gasteiger partial charge in [0.25, 0.3) is 5.91 Å². The molecule has 0 radical (unpaired) electrons. The summed E-state index contributed by atoms with van der Waals surface area (Å²) in [6.07, 6.45) is 8.68. The minimum absolute atomic E-state index is 0.0357. The topological polar surface area (TPSA) is 119 Å². The lowest BCUT2D eigenvalue weighted by Crippen LogP contribution is -2.19. The predicted molar refractivity (Wildman–Crippen MR) is 129 cm³/mol. The smallest absolute Gasteiger partial charge is 0.254 e.